The predicted octanol–water partition coefficient (Wildman–Crippen LogP) is 4.90. The Balaban J connectivity index is 1.94. The van der Waals surface area contributed by atoms with Crippen molar-refractivity contribution in [2.75, 3.05) is 11.9 Å². The molecule has 2 rings (SSSR count). The van der Waals surface area contributed by atoms with Crippen molar-refractivity contribution in [1.29, 1.82) is 0 Å². The molecule has 0 spiro atoms. The van der Waals surface area contributed by atoms with Gasteiger partial charge < -0.3 is 4.74 Å². The summed E-state index contributed by atoms with van der Waals surface area (Å²) in [5.74, 6) is 0.779. The monoisotopic (exact) mass is 412 g/mol. The summed E-state index contributed by atoms with van der Waals surface area (Å²) in [7, 11) is -4.19. The van der Waals surface area contributed by atoms with Crippen molar-refractivity contribution < 1.29 is 17.7 Å². The van der Waals surface area contributed by atoms with Crippen molar-refractivity contribution in [2.24, 2.45) is 10.2 Å². The minimum absolute atomic E-state index is 0.178. The average Bonchev–Trinajstić information content (AvgIpc) is 2.57. The molecule has 0 aliphatic heterocycles. The first kappa shape index (κ1) is 18.6. The molecule has 0 heterocycles. The Labute approximate surface area is 149 Å². The fourth-order valence-corrected chi connectivity index (χ4v) is 2.67. The summed E-state index contributed by atoms with van der Waals surface area (Å²) >= 11 is 3.37. The highest BCUT2D eigenvalue weighted by molar-refractivity contribution is 9.09. The Morgan fingerprint density at radius 1 is 0.917 bits per heavy atom. The normalized spacial score (nSPS) is 11.8. The zero-order valence-electron chi connectivity index (χ0n) is 12.8. The molecule has 0 radical (unpaired) electrons. The third-order valence-corrected chi connectivity index (χ3v) is 4.48. The summed E-state index contributed by atoms with van der Waals surface area (Å²) in [6.45, 7) is 0.673. The van der Waals surface area contributed by atoms with E-state index in [1.807, 2.05) is 12.1 Å². The van der Waals surface area contributed by atoms with Gasteiger partial charge in [0.1, 0.15) is 5.75 Å². The highest BCUT2D eigenvalue weighted by Crippen LogP contribution is 2.22. The number of ether oxygens (including phenoxy) is 1. The second-order valence-electron chi connectivity index (χ2n) is 4.91. The first-order chi connectivity index (χ1) is 11.5. The van der Waals surface area contributed by atoms with E-state index in [2.05, 4.69) is 26.2 Å². The van der Waals surface area contributed by atoms with Crippen LogP contribution in [0.25, 0.3) is 0 Å². The number of benzene rings is 2. The van der Waals surface area contributed by atoms with Gasteiger partial charge in [0.25, 0.3) is 10.1 Å². The van der Waals surface area contributed by atoms with E-state index in [9.17, 15) is 8.42 Å². The third-order valence-electron chi connectivity index (χ3n) is 3.05. The Bertz CT molecular complexity index is 775. The minimum atomic E-state index is -4.19. The lowest BCUT2D eigenvalue weighted by Crippen LogP contribution is -1.96. The van der Waals surface area contributed by atoms with Gasteiger partial charge in [-0.1, -0.05) is 15.9 Å². The van der Waals surface area contributed by atoms with Gasteiger partial charge in [-0.05, 0) is 61.4 Å². The minimum Gasteiger partial charge on any atom is -0.494 e. The summed E-state index contributed by atoms with van der Waals surface area (Å²) < 4.78 is 36.4. The van der Waals surface area contributed by atoms with Crippen molar-refractivity contribution in [3.05, 3.63) is 48.5 Å². The number of hydrogen-bond acceptors (Lipinski definition) is 5. The molecule has 0 aromatic heterocycles. The highest BCUT2D eigenvalue weighted by Gasteiger charge is 2.07. The Kier molecular flexibility index (Phi) is 6.89. The van der Waals surface area contributed by atoms with Gasteiger partial charge in [0.15, 0.2) is 0 Å². The van der Waals surface area contributed by atoms with Crippen molar-refractivity contribution in [1.82, 2.24) is 0 Å². The first-order valence-corrected chi connectivity index (χ1v) is 9.83. The van der Waals surface area contributed by atoms with Crippen molar-refractivity contribution >= 4 is 37.4 Å². The number of halogens is 1. The van der Waals surface area contributed by atoms with Crippen LogP contribution < -0.4 is 4.74 Å². The van der Waals surface area contributed by atoms with Crippen molar-refractivity contribution in [3.8, 4) is 5.75 Å². The van der Waals surface area contributed by atoms with E-state index in [1.54, 1.807) is 12.1 Å². The highest BCUT2D eigenvalue weighted by atomic mass is 79.9. The number of unbranched alkanes of at least 4 members (excludes halogenated alkanes) is 1. The molecule has 24 heavy (non-hydrogen) atoms. The van der Waals surface area contributed by atoms with Gasteiger partial charge in [0.2, 0.25) is 0 Å². The summed E-state index contributed by atoms with van der Waals surface area (Å²) in [6, 6.07) is 12.7. The molecule has 0 aliphatic rings. The van der Waals surface area contributed by atoms with Crippen LogP contribution in [0, 0.1) is 0 Å². The smallest absolute Gasteiger partial charge is 0.294 e. The molecule has 1 N–H and O–H groups in total. The van der Waals surface area contributed by atoms with Crippen LogP contribution in [0.4, 0.5) is 11.4 Å². The van der Waals surface area contributed by atoms with Gasteiger partial charge in [-0.25, -0.2) is 0 Å². The largest absolute Gasteiger partial charge is 0.494 e. The molecule has 0 fully saturated rings. The van der Waals surface area contributed by atoms with Gasteiger partial charge in [0, 0.05) is 5.33 Å². The van der Waals surface area contributed by atoms with Gasteiger partial charge in [-0.2, -0.15) is 18.6 Å². The van der Waals surface area contributed by atoms with Crippen LogP contribution in [0.5, 0.6) is 5.75 Å². The van der Waals surface area contributed by atoms with E-state index in [0.717, 1.165) is 23.9 Å². The van der Waals surface area contributed by atoms with E-state index in [-0.39, 0.29) is 4.90 Å². The fourth-order valence-electron chi connectivity index (χ4n) is 1.80. The number of alkyl halides is 1. The zero-order chi connectivity index (χ0) is 17.4. The van der Waals surface area contributed by atoms with Crippen molar-refractivity contribution in [3.63, 3.8) is 0 Å². The average molecular weight is 413 g/mol. The molecule has 8 heteroatoms. The topological polar surface area (TPSA) is 88.3 Å². The maximum absolute atomic E-state index is 11.0. The molecule has 2 aromatic carbocycles. The Morgan fingerprint density at radius 3 is 1.96 bits per heavy atom. The van der Waals surface area contributed by atoms with Gasteiger partial charge >= 0.3 is 0 Å². The summed E-state index contributed by atoms with van der Waals surface area (Å²) in [6.07, 6.45) is 2.06. The Hall–Kier alpha value is -1.77. The quantitative estimate of drug-likeness (QED) is 0.289. The van der Waals surface area contributed by atoms with Crippen LogP contribution in [-0.4, -0.2) is 24.9 Å². The molecular formula is C16H17BrN2O4S. The van der Waals surface area contributed by atoms with Crippen LogP contribution in [-0.2, 0) is 10.1 Å². The molecule has 0 amide bonds. The summed E-state index contributed by atoms with van der Waals surface area (Å²) in [5.41, 5.74) is 1.14. The standard InChI is InChI=1S/C16H17BrN2O4S/c17-11-1-2-12-23-15-7-3-13(4-8-15)18-19-14-5-9-16(10-6-14)24(20,21)22/h3-10H,1-2,11-12H2,(H,20,21,22). The second kappa shape index (κ2) is 8.91. The molecule has 0 atom stereocenters. The van der Waals surface area contributed by atoms with E-state index in [1.165, 1.54) is 24.3 Å². The van der Waals surface area contributed by atoms with Crippen LogP contribution in [0.3, 0.4) is 0 Å². The van der Waals surface area contributed by atoms with Gasteiger partial charge in [0.05, 0.1) is 22.9 Å². The van der Waals surface area contributed by atoms with E-state index >= 15 is 0 Å². The first-order valence-electron chi connectivity index (χ1n) is 7.27. The lowest BCUT2D eigenvalue weighted by Gasteiger charge is -2.05. The molecule has 128 valence electrons. The van der Waals surface area contributed by atoms with Crippen LogP contribution >= 0.6 is 15.9 Å². The number of rotatable bonds is 8. The van der Waals surface area contributed by atoms with E-state index in [4.69, 9.17) is 9.29 Å². The molecule has 0 bridgehead atoms. The molecule has 0 unspecified atom stereocenters. The second-order valence-corrected chi connectivity index (χ2v) is 7.12. The number of hydrogen-bond donors (Lipinski definition) is 1. The predicted molar refractivity (Wildman–Crippen MR) is 95.4 cm³/mol. The van der Waals surface area contributed by atoms with Gasteiger partial charge in [-0.3, -0.25) is 4.55 Å². The molecule has 0 saturated heterocycles. The molecular weight excluding hydrogens is 396 g/mol. The van der Waals surface area contributed by atoms with E-state index in [0.29, 0.717) is 18.0 Å². The maximum atomic E-state index is 11.0. The Morgan fingerprint density at radius 2 is 1.46 bits per heavy atom. The SMILES string of the molecule is O=S(=O)(O)c1ccc(N=Nc2ccc(OCCCCBr)cc2)cc1. The van der Waals surface area contributed by atoms with Gasteiger partial charge in [-0.15, -0.1) is 0 Å². The lowest BCUT2D eigenvalue weighted by atomic mass is 10.3. The van der Waals surface area contributed by atoms with Crippen LogP contribution in [0.15, 0.2) is 63.7 Å². The maximum Gasteiger partial charge on any atom is 0.294 e. The molecule has 0 saturated carbocycles. The lowest BCUT2D eigenvalue weighted by molar-refractivity contribution is 0.310. The zero-order valence-corrected chi connectivity index (χ0v) is 15.2. The third kappa shape index (κ3) is 6.03. The number of nitrogens with zero attached hydrogens (tertiary/aromatic N) is 2. The molecule has 2 aromatic rings. The van der Waals surface area contributed by atoms with Crippen molar-refractivity contribution in [2.45, 2.75) is 17.7 Å². The molecule has 0 aliphatic carbocycles. The molecule has 6 nitrogen and oxygen atoms in total. The summed E-state index contributed by atoms with van der Waals surface area (Å²) in [4.78, 5) is -0.178. The van der Waals surface area contributed by atoms with Crippen LogP contribution in [0.1, 0.15) is 12.8 Å². The summed E-state index contributed by atoms with van der Waals surface area (Å²) in [5, 5.41) is 9.06. The fraction of sp³-hybridized carbons (Fsp3) is 0.250. The van der Waals surface area contributed by atoms with Crippen LogP contribution in [0.2, 0.25) is 0 Å². The number of azo groups is 1. The van der Waals surface area contributed by atoms with E-state index < -0.39 is 10.1 Å².